The third kappa shape index (κ3) is 6.02. The molecule has 1 saturated heterocycles. The lowest BCUT2D eigenvalue weighted by Gasteiger charge is -2.24. The summed E-state index contributed by atoms with van der Waals surface area (Å²) < 4.78 is 22.1. The average Bonchev–Trinajstić information content (AvgIpc) is 3.36. The number of aromatic nitrogens is 2. The first kappa shape index (κ1) is 27.6. The number of benzene rings is 2. The summed E-state index contributed by atoms with van der Waals surface area (Å²) >= 11 is 0. The zero-order chi connectivity index (χ0) is 28.1. The summed E-state index contributed by atoms with van der Waals surface area (Å²) in [5, 5.41) is 5.38. The van der Waals surface area contributed by atoms with E-state index in [9.17, 15) is 23.6 Å². The first-order valence-corrected chi connectivity index (χ1v) is 13.0. The molecular formula is C28H32FN5O5. The van der Waals surface area contributed by atoms with Crippen LogP contribution in [0, 0.1) is 11.7 Å². The van der Waals surface area contributed by atoms with Crippen LogP contribution in [0.2, 0.25) is 0 Å². The molecule has 1 aromatic heterocycles. The second kappa shape index (κ2) is 12.0. The number of carbonyl (C=O) groups is 2. The van der Waals surface area contributed by atoms with E-state index in [-0.39, 0.29) is 47.7 Å². The van der Waals surface area contributed by atoms with E-state index in [1.807, 2.05) is 13.8 Å². The Kier molecular flexibility index (Phi) is 8.48. The van der Waals surface area contributed by atoms with Crippen molar-refractivity contribution in [2.75, 3.05) is 17.6 Å². The van der Waals surface area contributed by atoms with Crippen LogP contribution in [0.3, 0.4) is 0 Å². The number of hydrogen-bond acceptors (Lipinski definition) is 6. The number of amides is 2. The van der Waals surface area contributed by atoms with E-state index in [2.05, 4.69) is 10.6 Å². The molecule has 4 rings (SSSR count). The van der Waals surface area contributed by atoms with E-state index >= 15 is 0 Å². The third-order valence-electron chi connectivity index (χ3n) is 6.62. The lowest BCUT2D eigenvalue weighted by atomic mass is 9.94. The molecule has 2 aromatic carbocycles. The highest BCUT2D eigenvalue weighted by Crippen LogP contribution is 2.32. The average molecular weight is 538 g/mol. The van der Waals surface area contributed by atoms with Crippen molar-refractivity contribution in [1.29, 1.82) is 0 Å². The second-order valence-electron chi connectivity index (χ2n) is 9.49. The number of nitrogen functional groups attached to an aromatic ring is 1. The normalized spacial score (nSPS) is 15.6. The number of hydrogen-bond donors (Lipinski definition) is 3. The van der Waals surface area contributed by atoms with E-state index < -0.39 is 23.3 Å². The van der Waals surface area contributed by atoms with Crippen molar-refractivity contribution in [3.8, 4) is 5.75 Å². The first-order chi connectivity index (χ1) is 18.7. The van der Waals surface area contributed by atoms with Crippen molar-refractivity contribution in [2.45, 2.75) is 52.3 Å². The van der Waals surface area contributed by atoms with Gasteiger partial charge in [-0.1, -0.05) is 26.0 Å². The van der Waals surface area contributed by atoms with Crippen LogP contribution in [0.25, 0.3) is 0 Å². The topological polar surface area (TPSA) is 137 Å². The van der Waals surface area contributed by atoms with Gasteiger partial charge in [-0.3, -0.25) is 23.5 Å². The molecule has 3 aromatic rings. The molecule has 2 atom stereocenters. The van der Waals surface area contributed by atoms with Gasteiger partial charge in [-0.15, -0.1) is 0 Å². The van der Waals surface area contributed by atoms with Gasteiger partial charge in [0.1, 0.15) is 29.2 Å². The molecule has 2 heterocycles. The lowest BCUT2D eigenvalue weighted by Crippen LogP contribution is -2.42. The molecule has 10 nitrogen and oxygen atoms in total. The number of nitrogens with two attached hydrogens (primary N) is 1. The fourth-order valence-electron chi connectivity index (χ4n) is 4.64. The molecule has 0 spiro atoms. The summed E-state index contributed by atoms with van der Waals surface area (Å²) in [7, 11) is 0. The van der Waals surface area contributed by atoms with Gasteiger partial charge in [-0.2, -0.15) is 0 Å². The molecule has 2 unspecified atom stereocenters. The fraction of sp³-hybridized carbons (Fsp3) is 0.357. The number of nitrogens with one attached hydrogen (secondary N) is 2. The van der Waals surface area contributed by atoms with Crippen LogP contribution in [-0.4, -0.2) is 27.5 Å². The number of ether oxygens (including phenoxy) is 1. The largest absolute Gasteiger partial charge is 0.485 e. The Morgan fingerprint density at radius 3 is 2.28 bits per heavy atom. The van der Waals surface area contributed by atoms with Gasteiger partial charge in [0.25, 0.3) is 11.5 Å². The highest BCUT2D eigenvalue weighted by atomic mass is 19.1. The molecule has 0 bridgehead atoms. The summed E-state index contributed by atoms with van der Waals surface area (Å²) in [6, 6.07) is 12.2. The van der Waals surface area contributed by atoms with Crippen molar-refractivity contribution in [3.05, 3.63) is 86.3 Å². The van der Waals surface area contributed by atoms with Gasteiger partial charge in [0, 0.05) is 37.5 Å². The van der Waals surface area contributed by atoms with Crippen LogP contribution in [0.5, 0.6) is 5.75 Å². The second-order valence-corrected chi connectivity index (χ2v) is 9.49. The number of nitrogens with zero attached hydrogens (tertiary/aromatic N) is 2. The van der Waals surface area contributed by atoms with Crippen LogP contribution >= 0.6 is 0 Å². The number of rotatable bonds is 10. The van der Waals surface area contributed by atoms with Gasteiger partial charge in [-0.05, 0) is 54.8 Å². The minimum Gasteiger partial charge on any atom is -0.485 e. The highest BCUT2D eigenvalue weighted by molar-refractivity contribution is 6.05. The maximum atomic E-state index is 13.5. The van der Waals surface area contributed by atoms with Crippen LogP contribution in [-0.2, 0) is 17.9 Å². The monoisotopic (exact) mass is 537 g/mol. The Morgan fingerprint density at radius 1 is 1.05 bits per heavy atom. The van der Waals surface area contributed by atoms with Gasteiger partial charge < -0.3 is 21.1 Å². The van der Waals surface area contributed by atoms with Crippen molar-refractivity contribution in [3.63, 3.8) is 0 Å². The van der Waals surface area contributed by atoms with Crippen molar-refractivity contribution in [2.24, 2.45) is 5.92 Å². The predicted octanol–water partition coefficient (Wildman–Crippen LogP) is 3.06. The zero-order valence-electron chi connectivity index (χ0n) is 21.9. The molecule has 4 N–H and O–H groups in total. The first-order valence-electron chi connectivity index (χ1n) is 13.0. The molecule has 206 valence electrons. The van der Waals surface area contributed by atoms with E-state index in [1.54, 1.807) is 24.3 Å². The molecule has 0 saturated carbocycles. The minimum absolute atomic E-state index is 0.0785. The Bertz CT molecular complexity index is 1460. The van der Waals surface area contributed by atoms with Gasteiger partial charge in [0.05, 0.1) is 0 Å². The standard InChI is InChI=1S/C28H32FN5O5/c1-3-13-33-25(30)23(27(37)34(14-4-2)28(33)38)32-26(36)18-7-11-21(12-8-18)39-24(19-15-22(35)31-16-19)17-5-9-20(29)10-6-17/h5-12,19,24H,3-4,13-16,30H2,1-2H3,(H,31,35)(H,32,36). The quantitative estimate of drug-likeness (QED) is 0.364. The Balaban J connectivity index is 1.57. The van der Waals surface area contributed by atoms with Crippen molar-refractivity contribution in [1.82, 2.24) is 14.5 Å². The summed E-state index contributed by atoms with van der Waals surface area (Å²) in [4.78, 5) is 50.6. The predicted molar refractivity (Wildman–Crippen MR) is 145 cm³/mol. The van der Waals surface area contributed by atoms with Crippen molar-refractivity contribution >= 4 is 23.3 Å². The summed E-state index contributed by atoms with van der Waals surface area (Å²) in [6.07, 6.45) is 0.942. The van der Waals surface area contributed by atoms with E-state index in [0.29, 0.717) is 31.7 Å². The molecular weight excluding hydrogens is 505 g/mol. The number of carbonyl (C=O) groups excluding carboxylic acids is 2. The molecule has 1 aliphatic heterocycles. The fourth-order valence-corrected chi connectivity index (χ4v) is 4.64. The maximum Gasteiger partial charge on any atom is 0.332 e. The minimum atomic E-state index is -0.651. The Morgan fingerprint density at radius 2 is 1.69 bits per heavy atom. The summed E-state index contributed by atoms with van der Waals surface area (Å²) in [6.45, 7) is 4.66. The third-order valence-corrected chi connectivity index (χ3v) is 6.62. The highest BCUT2D eigenvalue weighted by Gasteiger charge is 2.32. The van der Waals surface area contributed by atoms with Crippen LogP contribution < -0.4 is 32.4 Å². The number of anilines is 2. The molecule has 1 fully saturated rings. The van der Waals surface area contributed by atoms with E-state index in [0.717, 1.165) is 10.1 Å². The maximum absolute atomic E-state index is 13.5. The summed E-state index contributed by atoms with van der Waals surface area (Å²) in [5.74, 6) is -0.823. The Labute approximate surface area is 224 Å². The van der Waals surface area contributed by atoms with Gasteiger partial charge >= 0.3 is 5.69 Å². The molecule has 2 amide bonds. The molecule has 1 aliphatic rings. The molecule has 39 heavy (non-hydrogen) atoms. The Hall–Kier alpha value is -4.41. The summed E-state index contributed by atoms with van der Waals surface area (Å²) in [5.41, 5.74) is 5.81. The smallest absolute Gasteiger partial charge is 0.332 e. The van der Waals surface area contributed by atoms with Crippen LogP contribution in [0.15, 0.2) is 58.1 Å². The van der Waals surface area contributed by atoms with Gasteiger partial charge in [0.15, 0.2) is 0 Å². The SMILES string of the molecule is CCCn1c(N)c(NC(=O)c2ccc(OC(c3ccc(F)cc3)C3CNC(=O)C3)cc2)c(=O)n(CCC)c1=O. The van der Waals surface area contributed by atoms with E-state index in [1.165, 1.54) is 28.8 Å². The van der Waals surface area contributed by atoms with Crippen molar-refractivity contribution < 1.29 is 18.7 Å². The molecule has 0 aliphatic carbocycles. The van der Waals surface area contributed by atoms with Gasteiger partial charge in [-0.25, -0.2) is 9.18 Å². The number of halogens is 1. The molecule has 0 radical (unpaired) electrons. The molecule has 11 heteroatoms. The lowest BCUT2D eigenvalue weighted by molar-refractivity contribution is -0.119. The van der Waals surface area contributed by atoms with Crippen LogP contribution in [0.1, 0.15) is 55.1 Å². The van der Waals surface area contributed by atoms with Gasteiger partial charge in [0.2, 0.25) is 5.91 Å². The van der Waals surface area contributed by atoms with Crippen LogP contribution in [0.4, 0.5) is 15.9 Å². The van der Waals surface area contributed by atoms with E-state index in [4.69, 9.17) is 10.5 Å². The zero-order valence-corrected chi connectivity index (χ0v) is 21.9.